The van der Waals surface area contributed by atoms with E-state index in [4.69, 9.17) is 9.72 Å². The number of methoxy groups -OCH3 is 1. The molecule has 0 atom stereocenters. The standard InChI is InChI=1S/C27H23NO3/c1-31-22-13-11-19(12-14-22)24-15-20-7-5-6-10-23(20)25(28-24)26(18-29)16-27(30,17-26)21-8-3-2-4-9-21/h2-15,18,30H,16-17H2,1H3. The molecule has 0 radical (unpaired) electrons. The zero-order valence-corrected chi connectivity index (χ0v) is 17.3. The van der Waals surface area contributed by atoms with Crippen molar-refractivity contribution in [3.05, 3.63) is 96.2 Å². The summed E-state index contributed by atoms with van der Waals surface area (Å²) in [5.74, 6) is 0.779. The molecule has 4 aromatic rings. The summed E-state index contributed by atoms with van der Waals surface area (Å²) in [7, 11) is 1.64. The highest BCUT2D eigenvalue weighted by atomic mass is 16.5. The molecule has 0 unspecified atom stereocenters. The molecule has 1 N–H and O–H groups in total. The zero-order chi connectivity index (χ0) is 21.5. The van der Waals surface area contributed by atoms with Crippen LogP contribution in [0.3, 0.4) is 0 Å². The third kappa shape index (κ3) is 3.20. The van der Waals surface area contributed by atoms with Crippen LogP contribution >= 0.6 is 0 Å². The largest absolute Gasteiger partial charge is 0.497 e. The molecule has 31 heavy (non-hydrogen) atoms. The molecule has 3 aromatic carbocycles. The van der Waals surface area contributed by atoms with E-state index in [1.807, 2.05) is 84.9 Å². The number of aliphatic hydroxyl groups is 1. The van der Waals surface area contributed by atoms with Gasteiger partial charge in [-0.25, -0.2) is 0 Å². The lowest BCUT2D eigenvalue weighted by Crippen LogP contribution is -2.54. The number of carbonyl (C=O) groups is 1. The van der Waals surface area contributed by atoms with Crippen LogP contribution in [0.4, 0.5) is 0 Å². The lowest BCUT2D eigenvalue weighted by molar-refractivity contribution is -0.136. The first-order chi connectivity index (χ1) is 15.1. The number of aromatic nitrogens is 1. The fourth-order valence-electron chi connectivity index (χ4n) is 4.74. The summed E-state index contributed by atoms with van der Waals surface area (Å²) in [6.07, 6.45) is 1.60. The lowest BCUT2D eigenvalue weighted by Gasteiger charge is -2.50. The number of nitrogens with zero attached hydrogens (tertiary/aromatic N) is 1. The first kappa shape index (κ1) is 19.5. The maximum atomic E-state index is 12.4. The molecule has 1 heterocycles. The van der Waals surface area contributed by atoms with Gasteiger partial charge in [-0.15, -0.1) is 0 Å². The Balaban J connectivity index is 1.62. The molecule has 1 saturated carbocycles. The van der Waals surface area contributed by atoms with Crippen molar-refractivity contribution in [3.63, 3.8) is 0 Å². The lowest BCUT2D eigenvalue weighted by atomic mass is 9.55. The molecule has 4 nitrogen and oxygen atoms in total. The van der Waals surface area contributed by atoms with E-state index in [1.165, 1.54) is 0 Å². The Morgan fingerprint density at radius 2 is 1.61 bits per heavy atom. The van der Waals surface area contributed by atoms with Gasteiger partial charge >= 0.3 is 0 Å². The van der Waals surface area contributed by atoms with Crippen molar-refractivity contribution in [2.45, 2.75) is 23.9 Å². The van der Waals surface area contributed by atoms with E-state index in [0.29, 0.717) is 12.8 Å². The monoisotopic (exact) mass is 409 g/mol. The zero-order valence-electron chi connectivity index (χ0n) is 17.3. The van der Waals surface area contributed by atoms with Gasteiger partial charge in [-0.1, -0.05) is 54.6 Å². The van der Waals surface area contributed by atoms with Crippen molar-refractivity contribution in [2.75, 3.05) is 7.11 Å². The topological polar surface area (TPSA) is 59.4 Å². The third-order valence-corrected chi connectivity index (χ3v) is 6.35. The van der Waals surface area contributed by atoms with Crippen LogP contribution in [-0.4, -0.2) is 23.5 Å². The van der Waals surface area contributed by atoms with E-state index in [-0.39, 0.29) is 0 Å². The normalized spacial score (nSPS) is 22.6. The highest BCUT2D eigenvalue weighted by Crippen LogP contribution is 2.55. The maximum absolute atomic E-state index is 12.4. The minimum atomic E-state index is -1.03. The number of carbonyl (C=O) groups excluding carboxylic acids is 1. The summed E-state index contributed by atoms with van der Waals surface area (Å²) in [5, 5.41) is 13.2. The molecule has 4 heteroatoms. The molecule has 0 spiro atoms. The molecule has 0 aliphatic heterocycles. The molecular formula is C27H23NO3. The third-order valence-electron chi connectivity index (χ3n) is 6.35. The van der Waals surface area contributed by atoms with Crippen LogP contribution in [0.2, 0.25) is 0 Å². The highest BCUT2D eigenvalue weighted by molar-refractivity contribution is 5.92. The first-order valence-electron chi connectivity index (χ1n) is 10.4. The van der Waals surface area contributed by atoms with Crippen molar-refractivity contribution in [2.24, 2.45) is 0 Å². The second kappa shape index (κ2) is 7.33. The van der Waals surface area contributed by atoms with Gasteiger partial charge in [0.1, 0.15) is 12.0 Å². The second-order valence-corrected chi connectivity index (χ2v) is 8.33. The molecule has 0 amide bonds. The van der Waals surface area contributed by atoms with Crippen LogP contribution in [-0.2, 0) is 15.8 Å². The van der Waals surface area contributed by atoms with Gasteiger partial charge in [0, 0.05) is 10.9 Å². The molecule has 1 fully saturated rings. The SMILES string of the molecule is COc1ccc(-c2cc3ccccc3c(C3(C=O)CC(O)(c4ccccc4)C3)n2)cc1. The van der Waals surface area contributed by atoms with Gasteiger partial charge in [0.25, 0.3) is 0 Å². The summed E-state index contributed by atoms with van der Waals surface area (Å²) >= 11 is 0. The number of hydrogen-bond acceptors (Lipinski definition) is 4. The number of hydrogen-bond donors (Lipinski definition) is 1. The minimum absolute atomic E-state index is 0.316. The fourth-order valence-corrected chi connectivity index (χ4v) is 4.74. The minimum Gasteiger partial charge on any atom is -0.497 e. The molecule has 0 bridgehead atoms. The smallest absolute Gasteiger partial charge is 0.132 e. The summed E-state index contributed by atoms with van der Waals surface area (Å²) in [6.45, 7) is 0. The molecule has 0 saturated heterocycles. The van der Waals surface area contributed by atoms with E-state index in [1.54, 1.807) is 7.11 Å². The van der Waals surface area contributed by atoms with E-state index in [2.05, 4.69) is 0 Å². The van der Waals surface area contributed by atoms with E-state index < -0.39 is 11.0 Å². The Labute approximate surface area is 181 Å². The Kier molecular flexibility index (Phi) is 4.60. The van der Waals surface area contributed by atoms with Crippen molar-refractivity contribution in [1.29, 1.82) is 0 Å². The van der Waals surface area contributed by atoms with E-state index >= 15 is 0 Å². The Morgan fingerprint density at radius 3 is 2.29 bits per heavy atom. The van der Waals surface area contributed by atoms with Crippen LogP contribution in [0.5, 0.6) is 5.75 Å². The van der Waals surface area contributed by atoms with E-state index in [9.17, 15) is 9.90 Å². The molecule has 1 aliphatic carbocycles. The van der Waals surface area contributed by atoms with Crippen molar-refractivity contribution in [1.82, 2.24) is 4.98 Å². The number of fused-ring (bicyclic) bond motifs is 1. The molecule has 5 rings (SSSR count). The highest BCUT2D eigenvalue weighted by Gasteiger charge is 2.57. The van der Waals surface area contributed by atoms with Gasteiger partial charge in [-0.2, -0.15) is 0 Å². The number of ether oxygens (including phenoxy) is 1. The Morgan fingerprint density at radius 1 is 0.935 bits per heavy atom. The van der Waals surface area contributed by atoms with Gasteiger partial charge in [-0.05, 0) is 54.1 Å². The predicted molar refractivity (Wildman–Crippen MR) is 121 cm³/mol. The van der Waals surface area contributed by atoms with Crippen molar-refractivity contribution in [3.8, 4) is 17.0 Å². The number of benzene rings is 3. The predicted octanol–water partition coefficient (Wildman–Crippen LogP) is 5.03. The second-order valence-electron chi connectivity index (χ2n) is 8.33. The van der Waals surface area contributed by atoms with Crippen LogP contribution in [0.15, 0.2) is 84.9 Å². The van der Waals surface area contributed by atoms with Gasteiger partial charge in [0.05, 0.1) is 29.5 Å². The summed E-state index contributed by atoms with van der Waals surface area (Å²) in [4.78, 5) is 17.4. The van der Waals surface area contributed by atoms with Gasteiger partial charge < -0.3 is 14.6 Å². The molecular weight excluding hydrogens is 386 g/mol. The first-order valence-corrected chi connectivity index (χ1v) is 10.4. The fraction of sp³-hybridized carbons (Fsp3) is 0.185. The number of aldehydes is 1. The van der Waals surface area contributed by atoms with Crippen LogP contribution in [0.1, 0.15) is 24.1 Å². The van der Waals surface area contributed by atoms with Crippen molar-refractivity contribution < 1.29 is 14.6 Å². The number of pyridine rings is 1. The van der Waals surface area contributed by atoms with Gasteiger partial charge in [-0.3, -0.25) is 4.98 Å². The van der Waals surface area contributed by atoms with Crippen LogP contribution in [0, 0.1) is 0 Å². The average molecular weight is 409 g/mol. The van der Waals surface area contributed by atoms with E-state index in [0.717, 1.165) is 45.3 Å². The molecule has 1 aliphatic rings. The Bertz CT molecular complexity index is 1240. The Hall–Kier alpha value is -3.50. The molecule has 154 valence electrons. The molecule has 1 aromatic heterocycles. The summed E-state index contributed by atoms with van der Waals surface area (Å²) < 4.78 is 5.27. The number of rotatable bonds is 5. The van der Waals surface area contributed by atoms with Gasteiger partial charge in [0.2, 0.25) is 0 Å². The summed E-state index contributed by atoms with van der Waals surface area (Å²) in [5.41, 5.74) is 1.46. The van der Waals surface area contributed by atoms with Gasteiger partial charge in [0.15, 0.2) is 0 Å². The van der Waals surface area contributed by atoms with Crippen molar-refractivity contribution >= 4 is 17.1 Å². The maximum Gasteiger partial charge on any atom is 0.132 e. The summed E-state index contributed by atoms with van der Waals surface area (Å²) in [6, 6.07) is 27.3. The average Bonchev–Trinajstić information content (AvgIpc) is 2.82. The van der Waals surface area contributed by atoms with Crippen LogP contribution < -0.4 is 4.74 Å². The van der Waals surface area contributed by atoms with Crippen LogP contribution in [0.25, 0.3) is 22.0 Å². The quantitative estimate of drug-likeness (QED) is 0.470.